The minimum Gasteiger partial charge on any atom is -0.312 e. The van der Waals surface area contributed by atoms with E-state index in [9.17, 15) is 0 Å². The lowest BCUT2D eigenvalue weighted by atomic mass is 10.0. The van der Waals surface area contributed by atoms with Gasteiger partial charge in [-0.05, 0) is 30.5 Å². The molecule has 0 saturated carbocycles. The van der Waals surface area contributed by atoms with E-state index in [1.807, 2.05) is 4.68 Å². The predicted octanol–water partition coefficient (Wildman–Crippen LogP) is 2.82. The molecular weight excluding hydrogens is 304 g/mol. The highest BCUT2D eigenvalue weighted by atomic mass is 79.9. The fraction of sp³-hybridized carbons (Fsp3) is 0.429. The third-order valence-electron chi connectivity index (χ3n) is 3.12. The Hall–Kier alpha value is -1.20. The van der Waals surface area contributed by atoms with Gasteiger partial charge in [-0.2, -0.15) is 5.10 Å². The van der Waals surface area contributed by atoms with Gasteiger partial charge in [-0.15, -0.1) is 0 Å². The van der Waals surface area contributed by atoms with E-state index in [2.05, 4.69) is 69.4 Å². The number of nitrogens with one attached hydrogen (secondary N) is 1. The SMILES string of the molecule is C[C@H](Cn1cncn1)NC[C@H](C)c1cccc(Br)c1. The Morgan fingerprint density at radius 2 is 2.21 bits per heavy atom. The first-order chi connectivity index (χ1) is 9.15. The smallest absolute Gasteiger partial charge is 0.137 e. The first-order valence-corrected chi connectivity index (χ1v) is 7.25. The van der Waals surface area contributed by atoms with Gasteiger partial charge in [-0.25, -0.2) is 4.98 Å². The van der Waals surface area contributed by atoms with Crippen molar-refractivity contribution in [1.82, 2.24) is 20.1 Å². The van der Waals surface area contributed by atoms with Crippen molar-refractivity contribution in [3.63, 3.8) is 0 Å². The molecule has 2 aromatic rings. The van der Waals surface area contributed by atoms with Crippen LogP contribution in [0.2, 0.25) is 0 Å². The Kier molecular flexibility index (Phi) is 5.10. The second-order valence-electron chi connectivity index (χ2n) is 4.88. The zero-order valence-electron chi connectivity index (χ0n) is 11.3. The summed E-state index contributed by atoms with van der Waals surface area (Å²) in [4.78, 5) is 3.95. The van der Waals surface area contributed by atoms with E-state index in [-0.39, 0.29) is 0 Å². The van der Waals surface area contributed by atoms with Crippen molar-refractivity contribution < 1.29 is 0 Å². The molecular formula is C14H19BrN4. The average Bonchev–Trinajstić information content (AvgIpc) is 2.88. The molecule has 2 rings (SSSR count). The summed E-state index contributed by atoms with van der Waals surface area (Å²) in [5.41, 5.74) is 1.34. The van der Waals surface area contributed by atoms with Crippen LogP contribution in [0.15, 0.2) is 41.4 Å². The van der Waals surface area contributed by atoms with Gasteiger partial charge in [0, 0.05) is 17.1 Å². The summed E-state index contributed by atoms with van der Waals surface area (Å²) in [6.45, 7) is 6.18. The number of halogens is 1. The van der Waals surface area contributed by atoms with Crippen molar-refractivity contribution >= 4 is 15.9 Å². The molecule has 0 radical (unpaired) electrons. The van der Waals surface area contributed by atoms with Gasteiger partial charge in [0.15, 0.2) is 0 Å². The van der Waals surface area contributed by atoms with Crippen LogP contribution >= 0.6 is 15.9 Å². The molecule has 1 aromatic heterocycles. The standard InChI is InChI=1S/C14H19BrN4/c1-11(13-4-3-5-14(15)6-13)7-17-12(2)8-19-10-16-9-18-19/h3-6,9-12,17H,7-8H2,1-2H3/t11-,12+/m0/s1. The molecule has 0 saturated heterocycles. The molecule has 0 fully saturated rings. The lowest BCUT2D eigenvalue weighted by Gasteiger charge is -2.18. The van der Waals surface area contributed by atoms with Crippen LogP contribution in [0.1, 0.15) is 25.3 Å². The fourth-order valence-electron chi connectivity index (χ4n) is 1.98. The lowest BCUT2D eigenvalue weighted by Crippen LogP contribution is -2.33. The van der Waals surface area contributed by atoms with Crippen LogP contribution in [0, 0.1) is 0 Å². The largest absolute Gasteiger partial charge is 0.312 e. The van der Waals surface area contributed by atoms with Crippen molar-refractivity contribution in [1.29, 1.82) is 0 Å². The maximum Gasteiger partial charge on any atom is 0.137 e. The summed E-state index contributed by atoms with van der Waals surface area (Å²) < 4.78 is 2.98. The van der Waals surface area contributed by atoms with Crippen LogP contribution in [0.5, 0.6) is 0 Å². The monoisotopic (exact) mass is 322 g/mol. The molecule has 4 nitrogen and oxygen atoms in total. The Labute approximate surface area is 122 Å². The number of nitrogens with zero attached hydrogens (tertiary/aromatic N) is 3. The van der Waals surface area contributed by atoms with E-state index in [0.29, 0.717) is 12.0 Å². The first-order valence-electron chi connectivity index (χ1n) is 6.46. The molecule has 5 heteroatoms. The lowest BCUT2D eigenvalue weighted by molar-refractivity contribution is 0.439. The minimum atomic E-state index is 0.372. The van der Waals surface area contributed by atoms with E-state index in [0.717, 1.165) is 17.6 Å². The average molecular weight is 323 g/mol. The molecule has 0 amide bonds. The Morgan fingerprint density at radius 3 is 2.89 bits per heavy atom. The van der Waals surface area contributed by atoms with Gasteiger partial charge in [-0.3, -0.25) is 4.68 Å². The summed E-state index contributed by atoms with van der Waals surface area (Å²) in [6.07, 6.45) is 3.31. The van der Waals surface area contributed by atoms with Gasteiger partial charge >= 0.3 is 0 Å². The number of rotatable bonds is 6. The second-order valence-corrected chi connectivity index (χ2v) is 5.80. The van der Waals surface area contributed by atoms with Crippen LogP contribution in [-0.2, 0) is 6.54 Å². The molecule has 0 spiro atoms. The third-order valence-corrected chi connectivity index (χ3v) is 3.61. The van der Waals surface area contributed by atoms with Crippen LogP contribution < -0.4 is 5.32 Å². The molecule has 19 heavy (non-hydrogen) atoms. The number of hydrogen-bond acceptors (Lipinski definition) is 3. The van der Waals surface area contributed by atoms with Gasteiger partial charge in [0.05, 0.1) is 6.54 Å². The zero-order valence-corrected chi connectivity index (χ0v) is 12.8. The topological polar surface area (TPSA) is 42.7 Å². The quantitative estimate of drug-likeness (QED) is 0.889. The maximum absolute atomic E-state index is 4.11. The molecule has 1 heterocycles. The minimum absolute atomic E-state index is 0.372. The fourth-order valence-corrected chi connectivity index (χ4v) is 2.40. The van der Waals surface area contributed by atoms with Crippen LogP contribution in [-0.4, -0.2) is 27.4 Å². The van der Waals surface area contributed by atoms with Crippen molar-refractivity contribution in [2.45, 2.75) is 32.4 Å². The molecule has 1 N–H and O–H groups in total. The van der Waals surface area contributed by atoms with E-state index in [1.165, 1.54) is 5.56 Å². The van der Waals surface area contributed by atoms with Crippen LogP contribution in [0.25, 0.3) is 0 Å². The highest BCUT2D eigenvalue weighted by Crippen LogP contribution is 2.19. The summed E-state index contributed by atoms with van der Waals surface area (Å²) >= 11 is 3.51. The van der Waals surface area contributed by atoms with E-state index < -0.39 is 0 Å². The van der Waals surface area contributed by atoms with Crippen molar-refractivity contribution in [3.05, 3.63) is 47.0 Å². The highest BCUT2D eigenvalue weighted by molar-refractivity contribution is 9.10. The van der Waals surface area contributed by atoms with Crippen LogP contribution in [0.3, 0.4) is 0 Å². The number of aromatic nitrogens is 3. The predicted molar refractivity (Wildman–Crippen MR) is 80.0 cm³/mol. The summed E-state index contributed by atoms with van der Waals surface area (Å²) in [6, 6.07) is 8.84. The summed E-state index contributed by atoms with van der Waals surface area (Å²) in [7, 11) is 0. The molecule has 0 unspecified atom stereocenters. The third kappa shape index (κ3) is 4.44. The van der Waals surface area contributed by atoms with E-state index in [1.54, 1.807) is 12.7 Å². The van der Waals surface area contributed by atoms with E-state index >= 15 is 0 Å². The van der Waals surface area contributed by atoms with Gasteiger partial charge in [0.25, 0.3) is 0 Å². The van der Waals surface area contributed by atoms with Gasteiger partial charge in [-0.1, -0.05) is 35.0 Å². The maximum atomic E-state index is 4.11. The molecule has 1 aromatic carbocycles. The Bertz CT molecular complexity index is 498. The van der Waals surface area contributed by atoms with Gasteiger partial charge < -0.3 is 5.32 Å². The number of benzene rings is 1. The normalized spacial score (nSPS) is 14.3. The highest BCUT2D eigenvalue weighted by Gasteiger charge is 2.08. The van der Waals surface area contributed by atoms with Crippen molar-refractivity contribution in [2.24, 2.45) is 0 Å². The molecule has 0 aliphatic heterocycles. The summed E-state index contributed by atoms with van der Waals surface area (Å²) in [5, 5.41) is 7.65. The molecule has 0 aliphatic carbocycles. The van der Waals surface area contributed by atoms with E-state index in [4.69, 9.17) is 0 Å². The first kappa shape index (κ1) is 14.2. The van der Waals surface area contributed by atoms with Crippen molar-refractivity contribution in [3.8, 4) is 0 Å². The van der Waals surface area contributed by atoms with Gasteiger partial charge in [0.2, 0.25) is 0 Å². The summed E-state index contributed by atoms with van der Waals surface area (Å²) in [5.74, 6) is 0.482. The van der Waals surface area contributed by atoms with Crippen LogP contribution in [0.4, 0.5) is 0 Å². The molecule has 102 valence electrons. The van der Waals surface area contributed by atoms with Gasteiger partial charge in [0.1, 0.15) is 12.7 Å². The Morgan fingerprint density at radius 1 is 1.37 bits per heavy atom. The molecule has 2 atom stereocenters. The molecule has 0 aliphatic rings. The van der Waals surface area contributed by atoms with Crippen molar-refractivity contribution in [2.75, 3.05) is 6.54 Å². The zero-order chi connectivity index (χ0) is 13.7. The Balaban J connectivity index is 1.81. The second kappa shape index (κ2) is 6.82. The molecule has 0 bridgehead atoms. The number of hydrogen-bond donors (Lipinski definition) is 1.